The number of nitrogens with zero attached hydrogens (tertiary/aromatic N) is 1. The quantitative estimate of drug-likeness (QED) is 0.910. The van der Waals surface area contributed by atoms with Crippen LogP contribution in [0.15, 0.2) is 42.5 Å². The molecule has 0 saturated carbocycles. The van der Waals surface area contributed by atoms with Crippen molar-refractivity contribution in [1.29, 1.82) is 0 Å². The Bertz CT molecular complexity index is 790. The van der Waals surface area contributed by atoms with Crippen molar-refractivity contribution >= 4 is 23.4 Å². The summed E-state index contributed by atoms with van der Waals surface area (Å²) in [4.78, 5) is 26.2. The molecule has 1 aliphatic rings. The Balaban J connectivity index is 1.53. The van der Waals surface area contributed by atoms with Crippen molar-refractivity contribution in [3.05, 3.63) is 70.0 Å². The Morgan fingerprint density at radius 2 is 1.88 bits per heavy atom. The topological polar surface area (TPSA) is 49.4 Å². The number of nitrogens with one attached hydrogen (secondary N) is 1. The van der Waals surface area contributed by atoms with Crippen molar-refractivity contribution in [3.63, 3.8) is 0 Å². The van der Waals surface area contributed by atoms with Crippen LogP contribution in [0.2, 0.25) is 5.02 Å². The number of amides is 2. The van der Waals surface area contributed by atoms with E-state index in [0.717, 1.165) is 12.0 Å². The van der Waals surface area contributed by atoms with Gasteiger partial charge in [-0.1, -0.05) is 41.9 Å². The van der Waals surface area contributed by atoms with Crippen molar-refractivity contribution in [2.45, 2.75) is 19.4 Å². The molecule has 0 fully saturated rings. The zero-order valence-electron chi connectivity index (χ0n) is 13.6. The van der Waals surface area contributed by atoms with Gasteiger partial charge in [-0.3, -0.25) is 9.59 Å². The monoisotopic (exact) mass is 360 g/mol. The molecule has 1 aliphatic heterocycles. The van der Waals surface area contributed by atoms with Crippen LogP contribution in [-0.4, -0.2) is 29.8 Å². The maximum Gasteiger partial charge on any atom is 0.255 e. The van der Waals surface area contributed by atoms with Crippen molar-refractivity contribution in [2.75, 3.05) is 13.1 Å². The minimum Gasteiger partial charge on any atom is -0.351 e. The summed E-state index contributed by atoms with van der Waals surface area (Å²) in [7, 11) is 0. The lowest BCUT2D eigenvalue weighted by Crippen LogP contribution is -2.38. The summed E-state index contributed by atoms with van der Waals surface area (Å²) >= 11 is 5.86. The Morgan fingerprint density at radius 1 is 1.12 bits per heavy atom. The van der Waals surface area contributed by atoms with Gasteiger partial charge in [0.1, 0.15) is 5.82 Å². The van der Waals surface area contributed by atoms with E-state index < -0.39 is 11.7 Å². The zero-order valence-corrected chi connectivity index (χ0v) is 14.4. The highest BCUT2D eigenvalue weighted by atomic mass is 35.5. The number of hydrogen-bond donors (Lipinski definition) is 1. The Kier molecular flexibility index (Phi) is 5.34. The lowest BCUT2D eigenvalue weighted by molar-refractivity contribution is -0.131. The molecule has 1 N–H and O–H groups in total. The number of hydrogen-bond acceptors (Lipinski definition) is 2. The molecule has 2 aromatic carbocycles. The molecule has 0 radical (unpaired) electrons. The Labute approximate surface area is 150 Å². The van der Waals surface area contributed by atoms with Crippen LogP contribution in [0.3, 0.4) is 0 Å². The smallest absolute Gasteiger partial charge is 0.255 e. The molecule has 130 valence electrons. The molecule has 0 bridgehead atoms. The molecule has 2 aromatic rings. The molecule has 4 nitrogen and oxygen atoms in total. The third-order valence-electron chi connectivity index (χ3n) is 4.30. The van der Waals surface area contributed by atoms with Crippen LogP contribution in [-0.2, 0) is 17.8 Å². The van der Waals surface area contributed by atoms with Crippen LogP contribution in [0.5, 0.6) is 0 Å². The number of fused-ring (bicyclic) bond motifs is 1. The number of rotatable bonds is 4. The van der Waals surface area contributed by atoms with E-state index >= 15 is 0 Å². The molecule has 0 unspecified atom stereocenters. The van der Waals surface area contributed by atoms with Gasteiger partial charge in [0.15, 0.2) is 0 Å². The predicted octanol–water partition coefficient (Wildman–Crippen LogP) is 3.18. The summed E-state index contributed by atoms with van der Waals surface area (Å²) in [5.74, 6) is -1.32. The first-order valence-corrected chi connectivity index (χ1v) is 8.51. The molecule has 2 amide bonds. The van der Waals surface area contributed by atoms with Crippen LogP contribution >= 0.6 is 11.6 Å². The summed E-state index contributed by atoms with van der Waals surface area (Å²) in [5.41, 5.74) is 2.24. The lowest BCUT2D eigenvalue weighted by Gasteiger charge is -2.29. The SMILES string of the molecule is O=C(NCCC(=O)N1CCc2ccccc2C1)c1c(F)cccc1Cl. The van der Waals surface area contributed by atoms with E-state index in [-0.39, 0.29) is 29.5 Å². The molecular formula is C19H18ClFN2O2. The summed E-state index contributed by atoms with van der Waals surface area (Å²) in [6, 6.07) is 12.1. The van der Waals surface area contributed by atoms with Gasteiger partial charge in [0.05, 0.1) is 10.6 Å². The highest BCUT2D eigenvalue weighted by Gasteiger charge is 2.21. The molecule has 0 atom stereocenters. The second-order valence-corrected chi connectivity index (χ2v) is 6.34. The average Bonchev–Trinajstić information content (AvgIpc) is 2.61. The first-order valence-electron chi connectivity index (χ1n) is 8.13. The summed E-state index contributed by atoms with van der Waals surface area (Å²) in [6.45, 7) is 1.39. The molecule has 1 heterocycles. The molecule has 0 spiro atoms. The fourth-order valence-corrected chi connectivity index (χ4v) is 3.20. The van der Waals surface area contributed by atoms with E-state index in [4.69, 9.17) is 11.6 Å². The molecule has 0 saturated heterocycles. The normalized spacial score (nSPS) is 13.3. The highest BCUT2D eigenvalue weighted by molar-refractivity contribution is 6.33. The molecule has 3 rings (SSSR count). The fourth-order valence-electron chi connectivity index (χ4n) is 2.95. The molecular weight excluding hydrogens is 343 g/mol. The Hall–Kier alpha value is -2.40. The van der Waals surface area contributed by atoms with Gasteiger partial charge < -0.3 is 10.2 Å². The van der Waals surface area contributed by atoms with Crippen LogP contribution < -0.4 is 5.32 Å². The van der Waals surface area contributed by atoms with Crippen LogP contribution in [0.4, 0.5) is 4.39 Å². The Morgan fingerprint density at radius 3 is 2.64 bits per heavy atom. The maximum atomic E-state index is 13.7. The first-order chi connectivity index (χ1) is 12.1. The third-order valence-corrected chi connectivity index (χ3v) is 4.61. The number of carbonyl (C=O) groups is 2. The standard InChI is InChI=1S/C19H18ClFN2O2/c20-15-6-3-7-16(21)18(15)19(25)22-10-8-17(24)23-11-9-13-4-1-2-5-14(13)12-23/h1-7H,8-12H2,(H,22,25). The summed E-state index contributed by atoms with van der Waals surface area (Å²) in [6.07, 6.45) is 0.999. The second kappa shape index (κ2) is 7.66. The number of halogens is 2. The van der Waals surface area contributed by atoms with Crippen LogP contribution in [0, 0.1) is 5.82 Å². The van der Waals surface area contributed by atoms with E-state index in [9.17, 15) is 14.0 Å². The van der Waals surface area contributed by atoms with Gasteiger partial charge in [0.25, 0.3) is 5.91 Å². The van der Waals surface area contributed by atoms with Crippen LogP contribution in [0.25, 0.3) is 0 Å². The first kappa shape index (κ1) is 17.4. The van der Waals surface area contributed by atoms with E-state index in [2.05, 4.69) is 11.4 Å². The fraction of sp³-hybridized carbons (Fsp3) is 0.263. The minimum absolute atomic E-state index is 0.0329. The van der Waals surface area contributed by atoms with E-state index in [1.807, 2.05) is 18.2 Å². The van der Waals surface area contributed by atoms with E-state index in [1.165, 1.54) is 23.8 Å². The third kappa shape index (κ3) is 3.99. The number of benzene rings is 2. The van der Waals surface area contributed by atoms with Gasteiger partial charge in [0, 0.05) is 26.1 Å². The molecule has 0 aromatic heterocycles. The second-order valence-electron chi connectivity index (χ2n) is 5.94. The summed E-state index contributed by atoms with van der Waals surface area (Å²) < 4.78 is 13.7. The maximum absolute atomic E-state index is 13.7. The molecule has 6 heteroatoms. The summed E-state index contributed by atoms with van der Waals surface area (Å²) in [5, 5.41) is 2.61. The van der Waals surface area contributed by atoms with Crippen molar-refractivity contribution in [2.24, 2.45) is 0 Å². The van der Waals surface area contributed by atoms with Crippen molar-refractivity contribution in [3.8, 4) is 0 Å². The predicted molar refractivity (Wildman–Crippen MR) is 93.9 cm³/mol. The van der Waals surface area contributed by atoms with Gasteiger partial charge in [0.2, 0.25) is 5.91 Å². The average molecular weight is 361 g/mol. The van der Waals surface area contributed by atoms with Gasteiger partial charge in [-0.2, -0.15) is 0 Å². The van der Waals surface area contributed by atoms with E-state index in [1.54, 1.807) is 4.90 Å². The highest BCUT2D eigenvalue weighted by Crippen LogP contribution is 2.20. The minimum atomic E-state index is -0.677. The lowest BCUT2D eigenvalue weighted by atomic mass is 10.00. The van der Waals surface area contributed by atoms with Gasteiger partial charge >= 0.3 is 0 Å². The molecule has 0 aliphatic carbocycles. The van der Waals surface area contributed by atoms with Crippen LogP contribution in [0.1, 0.15) is 27.9 Å². The van der Waals surface area contributed by atoms with Gasteiger partial charge in [-0.25, -0.2) is 4.39 Å². The van der Waals surface area contributed by atoms with Crippen molar-refractivity contribution in [1.82, 2.24) is 10.2 Å². The number of carbonyl (C=O) groups excluding carboxylic acids is 2. The van der Waals surface area contributed by atoms with Crippen molar-refractivity contribution < 1.29 is 14.0 Å². The largest absolute Gasteiger partial charge is 0.351 e. The van der Waals surface area contributed by atoms with E-state index in [0.29, 0.717) is 13.1 Å². The molecule has 25 heavy (non-hydrogen) atoms. The van der Waals surface area contributed by atoms with Gasteiger partial charge in [-0.15, -0.1) is 0 Å². The van der Waals surface area contributed by atoms with Gasteiger partial charge in [-0.05, 0) is 29.7 Å². The zero-order chi connectivity index (χ0) is 17.8.